The van der Waals surface area contributed by atoms with Crippen LogP contribution in [0.1, 0.15) is 12.8 Å². The first-order valence-electron chi connectivity index (χ1n) is 5.54. The molecule has 0 amide bonds. The fourth-order valence-corrected chi connectivity index (χ4v) is 3.06. The molecule has 92 valence electrons. The van der Waals surface area contributed by atoms with E-state index in [1.807, 2.05) is 30.3 Å². The van der Waals surface area contributed by atoms with Crippen molar-refractivity contribution in [3.8, 4) is 6.07 Å². The number of nitrogens with zero attached hydrogens (tertiary/aromatic N) is 3. The molecule has 0 atom stereocenters. The molecule has 4 nitrogen and oxygen atoms in total. The van der Waals surface area contributed by atoms with Crippen LogP contribution in [-0.4, -0.2) is 16.0 Å². The van der Waals surface area contributed by atoms with Crippen LogP contribution in [0.4, 0.5) is 10.8 Å². The lowest BCUT2D eigenvalue weighted by Gasteiger charge is -1.99. The molecule has 2 rings (SSSR count). The Labute approximate surface area is 114 Å². The number of anilines is 2. The number of para-hydroxylation sites is 1. The van der Waals surface area contributed by atoms with Gasteiger partial charge in [0.05, 0.1) is 6.07 Å². The van der Waals surface area contributed by atoms with E-state index in [0.29, 0.717) is 6.42 Å². The van der Waals surface area contributed by atoms with Crippen molar-refractivity contribution in [2.75, 3.05) is 11.1 Å². The molecule has 0 fully saturated rings. The van der Waals surface area contributed by atoms with Gasteiger partial charge in [0.1, 0.15) is 0 Å². The lowest BCUT2D eigenvalue weighted by Crippen LogP contribution is -1.87. The Bertz CT molecular complexity index is 518. The molecule has 0 unspecified atom stereocenters. The number of nitrogens with one attached hydrogen (secondary N) is 1. The van der Waals surface area contributed by atoms with Gasteiger partial charge in [0, 0.05) is 17.9 Å². The molecule has 0 bridgehead atoms. The average Bonchev–Trinajstić information content (AvgIpc) is 2.84. The average molecular weight is 276 g/mol. The molecule has 0 saturated carbocycles. The Morgan fingerprint density at radius 3 is 2.89 bits per heavy atom. The van der Waals surface area contributed by atoms with E-state index in [-0.39, 0.29) is 0 Å². The van der Waals surface area contributed by atoms with Crippen molar-refractivity contribution in [2.45, 2.75) is 17.2 Å². The van der Waals surface area contributed by atoms with Crippen LogP contribution in [0.3, 0.4) is 0 Å². The predicted octanol–water partition coefficient (Wildman–Crippen LogP) is 3.68. The summed E-state index contributed by atoms with van der Waals surface area (Å²) in [5, 5.41) is 20.6. The topological polar surface area (TPSA) is 61.6 Å². The Balaban J connectivity index is 1.85. The summed E-state index contributed by atoms with van der Waals surface area (Å²) in [5.74, 6) is 0.910. The second-order valence-corrected chi connectivity index (χ2v) is 5.79. The summed E-state index contributed by atoms with van der Waals surface area (Å²) in [6, 6.07) is 12.0. The SMILES string of the molecule is N#CCCCSc1nnc(Nc2ccccc2)s1. The maximum atomic E-state index is 8.44. The first-order chi connectivity index (χ1) is 8.88. The minimum atomic E-state index is 0.598. The molecule has 0 aliphatic heterocycles. The van der Waals surface area contributed by atoms with Crippen LogP contribution in [0.15, 0.2) is 34.7 Å². The van der Waals surface area contributed by atoms with Gasteiger partial charge in [-0.25, -0.2) is 0 Å². The zero-order chi connectivity index (χ0) is 12.6. The van der Waals surface area contributed by atoms with Crippen LogP contribution in [-0.2, 0) is 0 Å². The van der Waals surface area contributed by atoms with Gasteiger partial charge in [-0.05, 0) is 18.6 Å². The molecule has 0 radical (unpaired) electrons. The smallest absolute Gasteiger partial charge is 0.210 e. The van der Waals surface area contributed by atoms with E-state index in [9.17, 15) is 0 Å². The number of aromatic nitrogens is 2. The lowest BCUT2D eigenvalue weighted by molar-refractivity contribution is 0.971. The minimum Gasteiger partial charge on any atom is -0.330 e. The molecule has 1 heterocycles. The van der Waals surface area contributed by atoms with Crippen molar-refractivity contribution in [3.05, 3.63) is 30.3 Å². The molecule has 0 aliphatic carbocycles. The summed E-state index contributed by atoms with van der Waals surface area (Å²) in [5.41, 5.74) is 1.01. The molecule has 0 saturated heterocycles. The van der Waals surface area contributed by atoms with Gasteiger partial charge in [0.2, 0.25) is 5.13 Å². The lowest BCUT2D eigenvalue weighted by atomic mass is 10.3. The third kappa shape index (κ3) is 4.02. The third-order valence-electron chi connectivity index (χ3n) is 2.09. The Hall–Kier alpha value is -1.58. The fraction of sp³-hybridized carbons (Fsp3) is 0.250. The Kier molecular flexibility index (Phi) is 5.00. The van der Waals surface area contributed by atoms with Gasteiger partial charge in [-0.3, -0.25) is 0 Å². The maximum absolute atomic E-state index is 8.44. The summed E-state index contributed by atoms with van der Waals surface area (Å²) < 4.78 is 0.936. The number of hydrogen-bond donors (Lipinski definition) is 1. The van der Waals surface area contributed by atoms with Crippen molar-refractivity contribution < 1.29 is 0 Å². The van der Waals surface area contributed by atoms with Crippen molar-refractivity contribution in [1.29, 1.82) is 5.26 Å². The van der Waals surface area contributed by atoms with E-state index in [2.05, 4.69) is 21.6 Å². The van der Waals surface area contributed by atoms with Gasteiger partial charge < -0.3 is 5.32 Å². The number of nitriles is 1. The molecule has 1 aromatic heterocycles. The highest BCUT2D eigenvalue weighted by Gasteiger charge is 2.04. The Morgan fingerprint density at radius 1 is 1.28 bits per heavy atom. The number of rotatable bonds is 6. The highest BCUT2D eigenvalue weighted by molar-refractivity contribution is 8.01. The first-order valence-corrected chi connectivity index (χ1v) is 7.34. The van der Waals surface area contributed by atoms with Gasteiger partial charge in [-0.2, -0.15) is 5.26 Å². The van der Waals surface area contributed by atoms with Gasteiger partial charge in [-0.15, -0.1) is 10.2 Å². The zero-order valence-corrected chi connectivity index (χ0v) is 11.3. The van der Waals surface area contributed by atoms with E-state index in [0.717, 1.165) is 27.3 Å². The van der Waals surface area contributed by atoms with Crippen LogP contribution in [0.25, 0.3) is 0 Å². The molecule has 1 aromatic carbocycles. The second kappa shape index (κ2) is 6.99. The first kappa shape index (κ1) is 12.9. The van der Waals surface area contributed by atoms with E-state index >= 15 is 0 Å². The Morgan fingerprint density at radius 2 is 2.11 bits per heavy atom. The molecule has 0 aliphatic rings. The number of benzene rings is 1. The van der Waals surface area contributed by atoms with Crippen LogP contribution in [0.2, 0.25) is 0 Å². The van der Waals surface area contributed by atoms with Crippen molar-refractivity contribution in [3.63, 3.8) is 0 Å². The summed E-state index contributed by atoms with van der Waals surface area (Å²) in [7, 11) is 0. The van der Waals surface area contributed by atoms with E-state index in [1.165, 1.54) is 11.3 Å². The summed E-state index contributed by atoms with van der Waals surface area (Å²) in [4.78, 5) is 0. The van der Waals surface area contributed by atoms with Crippen LogP contribution >= 0.6 is 23.1 Å². The summed E-state index contributed by atoms with van der Waals surface area (Å²) in [6.45, 7) is 0. The molecular formula is C12H12N4S2. The summed E-state index contributed by atoms with van der Waals surface area (Å²) in [6.07, 6.45) is 1.49. The number of unbranched alkanes of at least 4 members (excludes halogenated alkanes) is 1. The molecule has 6 heteroatoms. The van der Waals surface area contributed by atoms with Crippen molar-refractivity contribution >= 4 is 33.9 Å². The third-order valence-corrected chi connectivity index (χ3v) is 4.15. The molecular weight excluding hydrogens is 264 g/mol. The van der Waals surface area contributed by atoms with Gasteiger partial charge in [0.25, 0.3) is 0 Å². The number of thioether (sulfide) groups is 1. The van der Waals surface area contributed by atoms with Gasteiger partial charge in [0.15, 0.2) is 4.34 Å². The standard InChI is InChI=1S/C12H12N4S2/c13-8-4-5-9-17-12-16-15-11(18-12)14-10-6-2-1-3-7-10/h1-3,6-7H,4-5,9H2,(H,14,15). The highest BCUT2D eigenvalue weighted by Crippen LogP contribution is 2.27. The van der Waals surface area contributed by atoms with E-state index in [4.69, 9.17) is 5.26 Å². The van der Waals surface area contributed by atoms with Crippen LogP contribution in [0.5, 0.6) is 0 Å². The van der Waals surface area contributed by atoms with Gasteiger partial charge >= 0.3 is 0 Å². The van der Waals surface area contributed by atoms with Crippen LogP contribution in [0, 0.1) is 11.3 Å². The van der Waals surface area contributed by atoms with Crippen molar-refractivity contribution in [2.24, 2.45) is 0 Å². The second-order valence-electron chi connectivity index (χ2n) is 3.47. The number of hydrogen-bond acceptors (Lipinski definition) is 6. The van der Waals surface area contributed by atoms with Crippen molar-refractivity contribution in [1.82, 2.24) is 10.2 Å². The molecule has 1 N–H and O–H groups in total. The molecule has 0 spiro atoms. The highest BCUT2D eigenvalue weighted by atomic mass is 32.2. The van der Waals surface area contributed by atoms with E-state index < -0.39 is 0 Å². The van der Waals surface area contributed by atoms with E-state index in [1.54, 1.807) is 11.8 Å². The maximum Gasteiger partial charge on any atom is 0.210 e. The quantitative estimate of drug-likeness (QED) is 0.644. The molecule has 18 heavy (non-hydrogen) atoms. The monoisotopic (exact) mass is 276 g/mol. The fourth-order valence-electron chi connectivity index (χ4n) is 1.27. The normalized spacial score (nSPS) is 9.94. The predicted molar refractivity (Wildman–Crippen MR) is 75.2 cm³/mol. The molecule has 2 aromatic rings. The minimum absolute atomic E-state index is 0.598. The van der Waals surface area contributed by atoms with Crippen LogP contribution < -0.4 is 5.32 Å². The zero-order valence-electron chi connectivity index (χ0n) is 9.67. The van der Waals surface area contributed by atoms with Gasteiger partial charge in [-0.1, -0.05) is 41.3 Å². The largest absolute Gasteiger partial charge is 0.330 e. The summed E-state index contributed by atoms with van der Waals surface area (Å²) >= 11 is 3.18.